The van der Waals surface area contributed by atoms with E-state index in [0.29, 0.717) is 12.1 Å². The van der Waals surface area contributed by atoms with Gasteiger partial charge in [-0.3, -0.25) is 0 Å². The highest BCUT2D eigenvalue weighted by Gasteiger charge is 2.15. The molecule has 30 heavy (non-hydrogen) atoms. The van der Waals surface area contributed by atoms with Gasteiger partial charge in [0, 0.05) is 18.0 Å². The number of fused-ring (bicyclic) bond motifs is 3. The fourth-order valence-corrected chi connectivity index (χ4v) is 4.09. The van der Waals surface area contributed by atoms with Gasteiger partial charge in [0.05, 0.1) is 6.04 Å². The second-order valence-corrected chi connectivity index (χ2v) is 7.39. The van der Waals surface area contributed by atoms with E-state index >= 15 is 0 Å². The fraction of sp³-hybridized carbons (Fsp3) is 0.0741. The smallest absolute Gasteiger partial charge is 0.336 e. The van der Waals surface area contributed by atoms with Crippen LogP contribution in [-0.4, -0.2) is 0 Å². The number of hydrogen-bond acceptors (Lipinski definition) is 3. The van der Waals surface area contributed by atoms with Crippen LogP contribution in [0.2, 0.25) is 0 Å². The molecule has 0 aliphatic carbocycles. The van der Waals surface area contributed by atoms with Gasteiger partial charge in [-0.2, -0.15) is 0 Å². The minimum Gasteiger partial charge on any atom is -0.423 e. The molecule has 1 heterocycles. The van der Waals surface area contributed by atoms with Gasteiger partial charge < -0.3 is 9.73 Å². The van der Waals surface area contributed by atoms with Gasteiger partial charge in [0.2, 0.25) is 0 Å². The Bertz CT molecular complexity index is 1320. The van der Waals surface area contributed by atoms with Crippen molar-refractivity contribution in [3.8, 4) is 0 Å². The van der Waals surface area contributed by atoms with Crippen molar-refractivity contribution in [2.75, 3.05) is 0 Å². The summed E-state index contributed by atoms with van der Waals surface area (Å²) in [5.74, 6) is 0. The molecule has 5 rings (SSSR count). The van der Waals surface area contributed by atoms with Gasteiger partial charge in [-0.1, -0.05) is 91.0 Å². The van der Waals surface area contributed by atoms with E-state index in [2.05, 4.69) is 41.7 Å². The lowest BCUT2D eigenvalue weighted by Crippen LogP contribution is -2.22. The summed E-state index contributed by atoms with van der Waals surface area (Å²) in [6.07, 6.45) is 0. The third-order valence-corrected chi connectivity index (χ3v) is 5.48. The Morgan fingerprint density at radius 2 is 1.37 bits per heavy atom. The molecule has 0 bridgehead atoms. The highest BCUT2D eigenvalue weighted by Crippen LogP contribution is 2.28. The van der Waals surface area contributed by atoms with Crippen LogP contribution >= 0.6 is 0 Å². The highest BCUT2D eigenvalue weighted by atomic mass is 16.4. The normalized spacial score (nSPS) is 11.4. The number of hydrogen-bond donors (Lipinski definition) is 1. The summed E-state index contributed by atoms with van der Waals surface area (Å²) in [7, 11) is 0. The van der Waals surface area contributed by atoms with Gasteiger partial charge in [-0.25, -0.2) is 4.79 Å². The predicted molar refractivity (Wildman–Crippen MR) is 122 cm³/mol. The first kappa shape index (κ1) is 18.3. The van der Waals surface area contributed by atoms with Crippen molar-refractivity contribution in [1.29, 1.82) is 0 Å². The molecule has 3 heteroatoms. The van der Waals surface area contributed by atoms with E-state index in [1.54, 1.807) is 6.07 Å². The Hall–Kier alpha value is -3.69. The zero-order chi connectivity index (χ0) is 20.3. The maximum Gasteiger partial charge on any atom is 0.336 e. The van der Waals surface area contributed by atoms with E-state index < -0.39 is 0 Å². The van der Waals surface area contributed by atoms with Crippen molar-refractivity contribution in [1.82, 2.24) is 5.32 Å². The first-order valence-corrected chi connectivity index (χ1v) is 10.1. The minimum absolute atomic E-state index is 0.0182. The van der Waals surface area contributed by atoms with E-state index in [9.17, 15) is 4.79 Å². The molecule has 0 fully saturated rings. The van der Waals surface area contributed by atoms with Crippen LogP contribution in [0.25, 0.3) is 21.7 Å². The third kappa shape index (κ3) is 3.51. The van der Waals surface area contributed by atoms with Crippen LogP contribution in [0.15, 0.2) is 112 Å². The molecule has 1 aromatic heterocycles. The molecule has 1 N–H and O–H groups in total. The summed E-state index contributed by atoms with van der Waals surface area (Å²) in [6, 6.07) is 34.4. The zero-order valence-electron chi connectivity index (χ0n) is 16.4. The maximum absolute atomic E-state index is 12.2. The minimum atomic E-state index is -0.328. The van der Waals surface area contributed by atoms with Crippen LogP contribution in [0.1, 0.15) is 22.7 Å². The average molecular weight is 391 g/mol. The van der Waals surface area contributed by atoms with Crippen LogP contribution < -0.4 is 10.9 Å². The van der Waals surface area contributed by atoms with Crippen molar-refractivity contribution in [2.24, 2.45) is 0 Å². The molecule has 3 nitrogen and oxygen atoms in total. The number of rotatable bonds is 5. The van der Waals surface area contributed by atoms with E-state index in [0.717, 1.165) is 21.7 Å². The molecule has 5 aromatic rings. The lowest BCUT2D eigenvalue weighted by atomic mass is 9.97. The Morgan fingerprint density at radius 1 is 0.733 bits per heavy atom. The van der Waals surface area contributed by atoms with Gasteiger partial charge in [-0.05, 0) is 33.5 Å². The number of nitrogens with one attached hydrogen (secondary N) is 1. The highest BCUT2D eigenvalue weighted by molar-refractivity contribution is 6.07. The summed E-state index contributed by atoms with van der Waals surface area (Å²) in [5.41, 5.74) is 3.59. The molecule has 0 saturated heterocycles. The van der Waals surface area contributed by atoms with Crippen LogP contribution in [0.4, 0.5) is 0 Å². The van der Waals surface area contributed by atoms with Crippen LogP contribution in [0.3, 0.4) is 0 Å². The molecule has 0 atom stereocenters. The molecular weight excluding hydrogens is 370 g/mol. The van der Waals surface area contributed by atoms with Crippen molar-refractivity contribution in [3.05, 3.63) is 130 Å². The average Bonchev–Trinajstić information content (AvgIpc) is 2.80. The summed E-state index contributed by atoms with van der Waals surface area (Å²) in [6.45, 7) is 0.546. The van der Waals surface area contributed by atoms with Crippen molar-refractivity contribution in [2.45, 2.75) is 12.6 Å². The molecule has 0 spiro atoms. The fourth-order valence-electron chi connectivity index (χ4n) is 4.09. The second kappa shape index (κ2) is 7.97. The van der Waals surface area contributed by atoms with Gasteiger partial charge in [0.25, 0.3) is 0 Å². The standard InChI is InChI=1S/C27H21NO2/c29-25-17-22(26-23-14-8-7-9-19(23)15-16-24(26)30-25)18-28-27(20-10-3-1-4-11-20)21-12-5-2-6-13-21/h1-17,27-28H,18H2. The molecule has 0 unspecified atom stereocenters. The SMILES string of the molecule is O=c1cc(CNC(c2ccccc2)c2ccccc2)c2c(ccc3ccccc32)o1. The van der Waals surface area contributed by atoms with E-state index in [1.165, 1.54) is 11.1 Å². The van der Waals surface area contributed by atoms with E-state index in [4.69, 9.17) is 4.42 Å². The van der Waals surface area contributed by atoms with Gasteiger partial charge in [0.1, 0.15) is 5.58 Å². The lowest BCUT2D eigenvalue weighted by Gasteiger charge is -2.20. The lowest BCUT2D eigenvalue weighted by molar-refractivity contribution is 0.553. The first-order chi connectivity index (χ1) is 14.8. The Morgan fingerprint density at radius 3 is 2.07 bits per heavy atom. The summed E-state index contributed by atoms with van der Waals surface area (Å²) in [5, 5.41) is 6.88. The second-order valence-electron chi connectivity index (χ2n) is 7.39. The Kier molecular flexibility index (Phi) is 4.88. The van der Waals surface area contributed by atoms with Gasteiger partial charge in [0.15, 0.2) is 0 Å². The van der Waals surface area contributed by atoms with Crippen LogP contribution in [0.5, 0.6) is 0 Å². The van der Waals surface area contributed by atoms with Crippen molar-refractivity contribution < 1.29 is 4.42 Å². The van der Waals surface area contributed by atoms with E-state index in [1.807, 2.05) is 60.7 Å². The summed E-state index contributed by atoms with van der Waals surface area (Å²) < 4.78 is 5.50. The quantitative estimate of drug-likeness (QED) is 0.303. The van der Waals surface area contributed by atoms with Crippen molar-refractivity contribution in [3.63, 3.8) is 0 Å². The molecule has 0 aliphatic heterocycles. The monoisotopic (exact) mass is 391 g/mol. The van der Waals surface area contributed by atoms with Crippen LogP contribution in [-0.2, 0) is 6.54 Å². The first-order valence-electron chi connectivity index (χ1n) is 10.1. The van der Waals surface area contributed by atoms with E-state index in [-0.39, 0.29) is 11.7 Å². The van der Waals surface area contributed by atoms with Gasteiger partial charge in [-0.15, -0.1) is 0 Å². The maximum atomic E-state index is 12.2. The molecular formula is C27H21NO2. The molecule has 0 saturated carbocycles. The van der Waals surface area contributed by atoms with Crippen molar-refractivity contribution >= 4 is 21.7 Å². The number of benzene rings is 4. The molecule has 4 aromatic carbocycles. The Balaban J connectivity index is 1.59. The Labute approximate surface area is 174 Å². The van der Waals surface area contributed by atoms with Crippen LogP contribution in [0, 0.1) is 0 Å². The summed E-state index contributed by atoms with van der Waals surface area (Å²) >= 11 is 0. The molecule has 0 aliphatic rings. The van der Waals surface area contributed by atoms with Gasteiger partial charge >= 0.3 is 5.63 Å². The predicted octanol–water partition coefficient (Wildman–Crippen LogP) is 5.83. The third-order valence-electron chi connectivity index (χ3n) is 5.48. The largest absolute Gasteiger partial charge is 0.423 e. The summed E-state index contributed by atoms with van der Waals surface area (Å²) in [4.78, 5) is 12.2. The zero-order valence-corrected chi connectivity index (χ0v) is 16.4. The topological polar surface area (TPSA) is 42.2 Å². The molecule has 146 valence electrons. The molecule has 0 radical (unpaired) electrons. The molecule has 0 amide bonds.